The van der Waals surface area contributed by atoms with Gasteiger partial charge in [-0.15, -0.1) is 0 Å². The van der Waals surface area contributed by atoms with Crippen molar-refractivity contribution in [3.05, 3.63) is 77.9 Å². The van der Waals surface area contributed by atoms with Gasteiger partial charge in [0.25, 0.3) is 0 Å². The Labute approximate surface area is 157 Å². The van der Waals surface area contributed by atoms with Crippen LogP contribution < -0.4 is 10.1 Å². The van der Waals surface area contributed by atoms with E-state index in [1.165, 1.54) is 12.1 Å². The number of hydrogen-bond donors (Lipinski definition) is 1. The van der Waals surface area contributed by atoms with E-state index >= 15 is 0 Å². The second-order valence-corrected chi connectivity index (χ2v) is 5.80. The molecule has 3 aromatic rings. The van der Waals surface area contributed by atoms with E-state index in [0.717, 1.165) is 23.9 Å². The van der Waals surface area contributed by atoms with Crippen molar-refractivity contribution in [3.63, 3.8) is 0 Å². The maximum Gasteiger partial charge on any atom is 0.437 e. The van der Waals surface area contributed by atoms with Gasteiger partial charge in [0.05, 0.1) is 11.9 Å². The van der Waals surface area contributed by atoms with E-state index in [0.29, 0.717) is 11.1 Å². The number of ether oxygens (including phenoxy) is 1. The molecule has 28 heavy (non-hydrogen) atoms. The van der Waals surface area contributed by atoms with E-state index in [1.807, 2.05) is 30.3 Å². The Morgan fingerprint density at radius 3 is 2.54 bits per heavy atom. The van der Waals surface area contributed by atoms with Gasteiger partial charge in [-0.05, 0) is 30.2 Å². The summed E-state index contributed by atoms with van der Waals surface area (Å²) >= 11 is 0. The molecule has 0 fully saturated rings. The van der Waals surface area contributed by atoms with E-state index in [2.05, 4.69) is 10.4 Å². The van der Waals surface area contributed by atoms with Gasteiger partial charge in [0.2, 0.25) is 0 Å². The molecule has 0 radical (unpaired) electrons. The molecule has 0 saturated heterocycles. The third-order valence-corrected chi connectivity index (χ3v) is 3.79. The van der Waals surface area contributed by atoms with E-state index in [-0.39, 0.29) is 12.2 Å². The standard InChI is InChI=1S/C19H15F4N3O2/c20-14-7-4-8-15(11-14)26-17(19(21,22)23)16(12-25-26)28-18(27)24-10-9-13-5-2-1-3-6-13/h1-8,11-12H,9-10H2,(H,24,27). The van der Waals surface area contributed by atoms with Crippen molar-refractivity contribution in [2.24, 2.45) is 0 Å². The van der Waals surface area contributed by atoms with Crippen molar-refractivity contribution in [2.45, 2.75) is 12.6 Å². The summed E-state index contributed by atoms with van der Waals surface area (Å²) in [7, 11) is 0. The Morgan fingerprint density at radius 1 is 1.11 bits per heavy atom. The van der Waals surface area contributed by atoms with Crippen molar-refractivity contribution in [2.75, 3.05) is 6.54 Å². The molecule has 0 aliphatic rings. The number of nitrogens with one attached hydrogen (secondary N) is 1. The molecule has 5 nitrogen and oxygen atoms in total. The average molecular weight is 393 g/mol. The highest BCUT2D eigenvalue weighted by atomic mass is 19.4. The summed E-state index contributed by atoms with van der Waals surface area (Å²) in [6.07, 6.45) is -4.65. The van der Waals surface area contributed by atoms with Gasteiger partial charge in [-0.2, -0.15) is 18.3 Å². The topological polar surface area (TPSA) is 56.1 Å². The fourth-order valence-corrected chi connectivity index (χ4v) is 2.56. The molecular formula is C19H15F4N3O2. The van der Waals surface area contributed by atoms with Gasteiger partial charge in [-0.25, -0.2) is 13.9 Å². The number of amides is 1. The van der Waals surface area contributed by atoms with E-state index < -0.39 is 29.5 Å². The Hall–Kier alpha value is -3.36. The van der Waals surface area contributed by atoms with Crippen LogP contribution in [0.15, 0.2) is 60.8 Å². The predicted molar refractivity (Wildman–Crippen MR) is 92.7 cm³/mol. The normalized spacial score (nSPS) is 11.3. The number of halogens is 4. The van der Waals surface area contributed by atoms with E-state index in [1.54, 1.807) is 0 Å². The molecule has 1 N–H and O–H groups in total. The summed E-state index contributed by atoms with van der Waals surface area (Å²) in [5.41, 5.74) is -0.499. The van der Waals surface area contributed by atoms with Crippen molar-refractivity contribution < 1.29 is 27.1 Å². The Morgan fingerprint density at radius 2 is 1.86 bits per heavy atom. The van der Waals surface area contributed by atoms with E-state index in [4.69, 9.17) is 4.74 Å². The molecule has 2 aromatic carbocycles. The number of benzene rings is 2. The van der Waals surface area contributed by atoms with Crippen molar-refractivity contribution in [1.82, 2.24) is 15.1 Å². The van der Waals surface area contributed by atoms with Crippen LogP contribution in [0.5, 0.6) is 5.75 Å². The van der Waals surface area contributed by atoms with Crippen molar-refractivity contribution in [3.8, 4) is 11.4 Å². The van der Waals surface area contributed by atoms with E-state index in [9.17, 15) is 22.4 Å². The first-order chi connectivity index (χ1) is 13.3. The quantitative estimate of drug-likeness (QED) is 0.656. The smallest absolute Gasteiger partial charge is 0.406 e. The van der Waals surface area contributed by atoms with Crippen LogP contribution in [0.1, 0.15) is 11.3 Å². The second kappa shape index (κ2) is 8.12. The molecule has 0 bridgehead atoms. The molecule has 146 valence electrons. The summed E-state index contributed by atoms with van der Waals surface area (Å²) < 4.78 is 59.1. The third-order valence-electron chi connectivity index (χ3n) is 3.79. The number of rotatable bonds is 5. The maximum atomic E-state index is 13.5. The number of alkyl halides is 3. The van der Waals surface area contributed by atoms with Gasteiger partial charge in [-0.3, -0.25) is 0 Å². The summed E-state index contributed by atoms with van der Waals surface area (Å²) in [6, 6.07) is 13.7. The van der Waals surface area contributed by atoms with Crippen LogP contribution in [0.4, 0.5) is 22.4 Å². The lowest BCUT2D eigenvalue weighted by Gasteiger charge is -2.13. The van der Waals surface area contributed by atoms with Gasteiger partial charge >= 0.3 is 12.3 Å². The fraction of sp³-hybridized carbons (Fsp3) is 0.158. The van der Waals surface area contributed by atoms with Gasteiger partial charge < -0.3 is 10.1 Å². The van der Waals surface area contributed by atoms with Crippen molar-refractivity contribution in [1.29, 1.82) is 0 Å². The first-order valence-electron chi connectivity index (χ1n) is 8.25. The first kappa shape index (κ1) is 19.4. The lowest BCUT2D eigenvalue weighted by molar-refractivity contribution is -0.143. The summed E-state index contributed by atoms with van der Waals surface area (Å²) in [5, 5.41) is 5.99. The lowest BCUT2D eigenvalue weighted by atomic mass is 10.1. The SMILES string of the molecule is O=C(NCCc1ccccc1)Oc1cnn(-c2cccc(F)c2)c1C(F)(F)F. The average Bonchev–Trinajstić information content (AvgIpc) is 3.06. The minimum absolute atomic E-state index is 0.147. The van der Waals surface area contributed by atoms with Crippen LogP contribution in [0, 0.1) is 5.82 Å². The van der Waals surface area contributed by atoms with Crippen LogP contribution >= 0.6 is 0 Å². The van der Waals surface area contributed by atoms with Gasteiger partial charge in [-0.1, -0.05) is 36.4 Å². The largest absolute Gasteiger partial charge is 0.437 e. The molecule has 1 amide bonds. The van der Waals surface area contributed by atoms with Crippen LogP contribution in [0.25, 0.3) is 5.69 Å². The second-order valence-electron chi connectivity index (χ2n) is 5.80. The number of aromatic nitrogens is 2. The van der Waals surface area contributed by atoms with Crippen LogP contribution in [-0.4, -0.2) is 22.4 Å². The molecule has 0 aliphatic carbocycles. The van der Waals surface area contributed by atoms with Crippen LogP contribution in [0.2, 0.25) is 0 Å². The molecule has 0 unspecified atom stereocenters. The molecule has 0 spiro atoms. The summed E-state index contributed by atoms with van der Waals surface area (Å²) in [6.45, 7) is 0.183. The molecular weight excluding hydrogens is 378 g/mol. The highest BCUT2D eigenvalue weighted by molar-refractivity contribution is 5.70. The van der Waals surface area contributed by atoms with Crippen LogP contribution in [0.3, 0.4) is 0 Å². The number of nitrogens with zero attached hydrogens (tertiary/aromatic N) is 2. The zero-order valence-electron chi connectivity index (χ0n) is 14.4. The molecule has 9 heteroatoms. The summed E-state index contributed by atoms with van der Waals surface area (Å²) in [5.74, 6) is -1.49. The highest BCUT2D eigenvalue weighted by Gasteiger charge is 2.40. The lowest BCUT2D eigenvalue weighted by Crippen LogP contribution is -2.29. The number of carbonyl (C=O) groups excluding carboxylic acids is 1. The minimum Gasteiger partial charge on any atom is -0.406 e. The molecule has 0 aliphatic heterocycles. The Kier molecular flexibility index (Phi) is 5.62. The molecule has 0 saturated carbocycles. The zero-order chi connectivity index (χ0) is 20.1. The Bertz CT molecular complexity index is 955. The minimum atomic E-state index is -4.87. The highest BCUT2D eigenvalue weighted by Crippen LogP contribution is 2.37. The van der Waals surface area contributed by atoms with Gasteiger partial charge in [0.15, 0.2) is 11.4 Å². The monoisotopic (exact) mass is 393 g/mol. The van der Waals surface area contributed by atoms with Crippen molar-refractivity contribution >= 4 is 6.09 Å². The molecule has 0 atom stereocenters. The fourth-order valence-electron chi connectivity index (χ4n) is 2.56. The predicted octanol–water partition coefficient (Wildman–Crippen LogP) is 4.36. The maximum absolute atomic E-state index is 13.5. The first-order valence-corrected chi connectivity index (χ1v) is 8.25. The molecule has 1 heterocycles. The molecule has 1 aromatic heterocycles. The number of hydrogen-bond acceptors (Lipinski definition) is 3. The summed E-state index contributed by atoms with van der Waals surface area (Å²) in [4.78, 5) is 11.9. The zero-order valence-corrected chi connectivity index (χ0v) is 14.4. The van der Waals surface area contributed by atoms with Crippen LogP contribution in [-0.2, 0) is 12.6 Å². The number of carbonyl (C=O) groups is 1. The third kappa shape index (κ3) is 4.67. The van der Waals surface area contributed by atoms with Gasteiger partial charge in [0, 0.05) is 6.54 Å². The van der Waals surface area contributed by atoms with Gasteiger partial charge in [0.1, 0.15) is 5.82 Å². The molecule has 3 rings (SSSR count). The Balaban J connectivity index is 1.74.